The molecule has 14 heteroatoms. The summed E-state index contributed by atoms with van der Waals surface area (Å²) in [5, 5.41) is 47.3. The third-order valence-electron chi connectivity index (χ3n) is 6.23. The van der Waals surface area contributed by atoms with Gasteiger partial charge in [0.05, 0.1) is 22.5 Å². The first kappa shape index (κ1) is 27.8. The number of nitrogens with zero attached hydrogens (tertiary/aromatic N) is 4. The molecule has 0 fully saturated rings. The van der Waals surface area contributed by atoms with Crippen LogP contribution in [-0.4, -0.2) is 40.2 Å². The van der Waals surface area contributed by atoms with Crippen molar-refractivity contribution in [2.24, 2.45) is 20.5 Å². The Balaban J connectivity index is 1.59. The average molecular weight is 586 g/mol. The average Bonchev–Trinajstić information content (AvgIpc) is 2.95. The van der Waals surface area contributed by atoms with Gasteiger partial charge in [0, 0.05) is 21.8 Å². The first-order chi connectivity index (χ1) is 19.9. The molecule has 210 valence electrons. The number of carboxylic acids is 2. The molecule has 5 rings (SSSR count). The molecule has 0 aliphatic rings. The van der Waals surface area contributed by atoms with Crippen LogP contribution in [0.2, 0.25) is 0 Å². The van der Waals surface area contributed by atoms with Crippen LogP contribution in [0.5, 0.6) is 5.75 Å². The van der Waals surface area contributed by atoms with Crippen LogP contribution in [0.1, 0.15) is 20.7 Å². The van der Waals surface area contributed by atoms with Crippen molar-refractivity contribution in [2.45, 2.75) is 4.90 Å². The first-order valence-electron chi connectivity index (χ1n) is 11.9. The van der Waals surface area contributed by atoms with Crippen LogP contribution in [0.4, 0.5) is 28.4 Å². The van der Waals surface area contributed by atoms with Gasteiger partial charge in [-0.15, -0.1) is 20.5 Å². The lowest BCUT2D eigenvalue weighted by Gasteiger charge is -2.09. The Labute approximate surface area is 236 Å². The fourth-order valence-electron chi connectivity index (χ4n) is 4.23. The molecule has 6 N–H and O–H groups in total. The predicted octanol–water partition coefficient (Wildman–Crippen LogP) is 6.75. The van der Waals surface area contributed by atoms with Gasteiger partial charge in [-0.05, 0) is 53.9 Å². The molecular formula is C28H19N5O8S. The van der Waals surface area contributed by atoms with Crippen LogP contribution in [-0.2, 0) is 10.1 Å². The third-order valence-corrected chi connectivity index (χ3v) is 7.10. The van der Waals surface area contributed by atoms with Gasteiger partial charge in [0.2, 0.25) is 0 Å². The van der Waals surface area contributed by atoms with E-state index in [0.29, 0.717) is 27.5 Å². The summed E-state index contributed by atoms with van der Waals surface area (Å²) >= 11 is 0. The molecule has 0 aromatic heterocycles. The van der Waals surface area contributed by atoms with Crippen LogP contribution in [0.3, 0.4) is 0 Å². The van der Waals surface area contributed by atoms with Crippen LogP contribution < -0.4 is 5.73 Å². The summed E-state index contributed by atoms with van der Waals surface area (Å²) < 4.78 is 34.1. The number of phenols is 1. The summed E-state index contributed by atoms with van der Waals surface area (Å²) in [5.74, 6) is -3.22. The lowest BCUT2D eigenvalue weighted by atomic mass is 10.1. The van der Waals surface area contributed by atoms with Gasteiger partial charge in [-0.25, -0.2) is 9.59 Å². The number of aromatic hydroxyl groups is 1. The summed E-state index contributed by atoms with van der Waals surface area (Å²) in [5.41, 5.74) is 5.55. The van der Waals surface area contributed by atoms with E-state index in [9.17, 15) is 32.8 Å². The number of nitrogens with two attached hydrogens (primary N) is 1. The van der Waals surface area contributed by atoms with Crippen LogP contribution in [0.25, 0.3) is 21.5 Å². The summed E-state index contributed by atoms with van der Waals surface area (Å²) in [4.78, 5) is 22.2. The van der Waals surface area contributed by atoms with Crippen molar-refractivity contribution in [3.63, 3.8) is 0 Å². The number of carboxylic acid groups (broad SMARTS) is 2. The van der Waals surface area contributed by atoms with E-state index in [4.69, 9.17) is 10.8 Å². The van der Waals surface area contributed by atoms with Crippen molar-refractivity contribution < 1.29 is 37.9 Å². The molecular weight excluding hydrogens is 566 g/mol. The highest BCUT2D eigenvalue weighted by Crippen LogP contribution is 2.43. The Morgan fingerprint density at radius 2 is 1.29 bits per heavy atom. The van der Waals surface area contributed by atoms with E-state index in [0.717, 1.165) is 12.1 Å². The molecule has 0 spiro atoms. The lowest BCUT2D eigenvalue weighted by Crippen LogP contribution is -2.02. The predicted molar refractivity (Wildman–Crippen MR) is 153 cm³/mol. The van der Waals surface area contributed by atoms with Crippen molar-refractivity contribution >= 4 is 72.0 Å². The maximum absolute atomic E-state index is 12.1. The molecule has 0 heterocycles. The quantitative estimate of drug-likeness (QED) is 0.0771. The Kier molecular flexibility index (Phi) is 7.08. The van der Waals surface area contributed by atoms with E-state index < -0.39 is 38.4 Å². The van der Waals surface area contributed by atoms with Crippen molar-refractivity contribution in [2.75, 3.05) is 5.73 Å². The van der Waals surface area contributed by atoms with Crippen molar-refractivity contribution in [1.29, 1.82) is 0 Å². The molecule has 0 unspecified atom stereocenters. The molecule has 0 bridgehead atoms. The van der Waals surface area contributed by atoms with Gasteiger partial charge < -0.3 is 21.1 Å². The number of hydrogen-bond donors (Lipinski definition) is 5. The maximum atomic E-state index is 12.1. The minimum absolute atomic E-state index is 0.0643. The summed E-state index contributed by atoms with van der Waals surface area (Å²) in [7, 11) is -4.81. The van der Waals surface area contributed by atoms with E-state index in [2.05, 4.69) is 20.5 Å². The number of fused-ring (bicyclic) bond motifs is 2. The van der Waals surface area contributed by atoms with Gasteiger partial charge in [0.25, 0.3) is 10.1 Å². The maximum Gasteiger partial charge on any atom is 0.337 e. The molecule has 0 saturated carbocycles. The van der Waals surface area contributed by atoms with E-state index in [1.807, 2.05) is 0 Å². The second kappa shape index (κ2) is 10.7. The number of phenolic OH excluding ortho intramolecular Hbond substituents is 1. The number of nitrogen functional groups attached to an aromatic ring is 1. The van der Waals surface area contributed by atoms with Crippen molar-refractivity contribution in [3.05, 3.63) is 90.0 Å². The molecule has 0 aliphatic carbocycles. The van der Waals surface area contributed by atoms with Gasteiger partial charge in [-0.1, -0.05) is 30.3 Å². The van der Waals surface area contributed by atoms with Crippen LogP contribution in [0, 0.1) is 0 Å². The van der Waals surface area contributed by atoms with Crippen molar-refractivity contribution in [3.8, 4) is 5.75 Å². The number of anilines is 1. The minimum Gasteiger partial charge on any atom is -0.505 e. The van der Waals surface area contributed by atoms with Gasteiger partial charge in [-0.2, -0.15) is 8.42 Å². The number of rotatable bonds is 7. The lowest BCUT2D eigenvalue weighted by molar-refractivity contribution is 0.0696. The summed E-state index contributed by atoms with van der Waals surface area (Å²) in [6.07, 6.45) is 0. The second-order valence-corrected chi connectivity index (χ2v) is 10.3. The number of aromatic carboxylic acids is 2. The topological polar surface area (TPSA) is 225 Å². The van der Waals surface area contributed by atoms with Gasteiger partial charge in [0.15, 0.2) is 5.75 Å². The second-order valence-electron chi connectivity index (χ2n) is 8.92. The molecule has 5 aromatic rings. The molecule has 5 aromatic carbocycles. The van der Waals surface area contributed by atoms with Crippen molar-refractivity contribution in [1.82, 2.24) is 0 Å². The normalized spacial score (nSPS) is 12.0. The SMILES string of the molecule is Nc1ccc2cc(S(=O)(=O)O)c(/N=N/c3ccc(/N=N/c4ccc(C(=O)O)cc4C(=O)O)c4ccccc34)c(O)c2c1. The number of azo groups is 2. The highest BCUT2D eigenvalue weighted by molar-refractivity contribution is 7.86. The van der Waals surface area contributed by atoms with Gasteiger partial charge in [0.1, 0.15) is 16.3 Å². The fraction of sp³-hybridized carbons (Fsp3) is 0. The highest BCUT2D eigenvalue weighted by Gasteiger charge is 2.22. The van der Waals surface area contributed by atoms with E-state index in [1.54, 1.807) is 24.3 Å². The summed E-state index contributed by atoms with van der Waals surface area (Å²) in [6, 6.07) is 18.8. The fourth-order valence-corrected chi connectivity index (χ4v) is 4.89. The highest BCUT2D eigenvalue weighted by atomic mass is 32.2. The Morgan fingerprint density at radius 1 is 0.690 bits per heavy atom. The number of hydrogen-bond acceptors (Lipinski definition) is 10. The molecule has 0 atom stereocenters. The Morgan fingerprint density at radius 3 is 1.88 bits per heavy atom. The van der Waals surface area contributed by atoms with E-state index >= 15 is 0 Å². The molecule has 0 amide bonds. The third kappa shape index (κ3) is 5.34. The zero-order chi connectivity index (χ0) is 30.2. The van der Waals surface area contributed by atoms with Crippen LogP contribution >= 0.6 is 0 Å². The minimum atomic E-state index is -4.81. The Bertz CT molecular complexity index is 2110. The van der Waals surface area contributed by atoms with E-state index in [1.165, 1.54) is 42.5 Å². The summed E-state index contributed by atoms with van der Waals surface area (Å²) in [6.45, 7) is 0. The largest absolute Gasteiger partial charge is 0.505 e. The molecule has 13 nitrogen and oxygen atoms in total. The first-order valence-corrected chi connectivity index (χ1v) is 13.4. The van der Waals surface area contributed by atoms with Crippen LogP contribution in [0.15, 0.2) is 104 Å². The standard InChI is InChI=1S/C28H19N5O8S/c29-16-7-5-14-12-24(42(39,40)41)25(26(34)19(14)13-16)33-32-22-10-9-21(17-3-1-2-4-18(17)22)30-31-23-8-6-15(27(35)36)11-20(23)28(37)38/h1-13,34H,29H2,(H,35,36)(H,37,38)(H,39,40,41)/b31-30+,33-32+. The Hall–Kier alpha value is -5.73. The zero-order valence-corrected chi connectivity index (χ0v) is 22.0. The van der Waals surface area contributed by atoms with Gasteiger partial charge in [-0.3, -0.25) is 4.55 Å². The molecule has 42 heavy (non-hydrogen) atoms. The van der Waals surface area contributed by atoms with E-state index in [-0.39, 0.29) is 27.9 Å². The zero-order valence-electron chi connectivity index (χ0n) is 21.2. The molecule has 0 aliphatic heterocycles. The monoisotopic (exact) mass is 585 g/mol. The van der Waals surface area contributed by atoms with Gasteiger partial charge >= 0.3 is 11.9 Å². The smallest absolute Gasteiger partial charge is 0.337 e. The number of carbonyl (C=O) groups is 2. The molecule has 0 radical (unpaired) electrons. The number of benzene rings is 5. The molecule has 0 saturated heterocycles.